The molecule has 2 aromatic heterocycles. The summed E-state index contributed by atoms with van der Waals surface area (Å²) >= 11 is 0. The van der Waals surface area contributed by atoms with Gasteiger partial charge in [-0.2, -0.15) is 0 Å². The molecule has 0 atom stereocenters. The Morgan fingerprint density at radius 1 is 1.14 bits per heavy atom. The standard InChI is InChI=1S/C27H26N6O2/c1-18-5-8-21(16-24(18)31-25(34)11-14-32(2)3)33-26(35)10-6-19-17-30-23-9-7-20(29-13-4-12-28)15-22(23)27(19)33/h4-17H,28H2,1-3H3,(H,31,34)/b12-4?,14-11+,29-13?. The van der Waals surface area contributed by atoms with Crippen LogP contribution in [0.15, 0.2) is 89.1 Å². The number of nitrogens with zero attached hydrogens (tertiary/aromatic N) is 4. The summed E-state index contributed by atoms with van der Waals surface area (Å²) < 4.78 is 1.64. The van der Waals surface area contributed by atoms with E-state index in [4.69, 9.17) is 5.73 Å². The van der Waals surface area contributed by atoms with Crippen molar-refractivity contribution in [3.05, 3.63) is 95.2 Å². The maximum Gasteiger partial charge on any atom is 0.255 e. The molecule has 0 saturated carbocycles. The highest BCUT2D eigenvalue weighted by Crippen LogP contribution is 2.29. The number of carbonyl (C=O) groups is 1. The van der Waals surface area contributed by atoms with Gasteiger partial charge in [0, 0.05) is 61.3 Å². The van der Waals surface area contributed by atoms with E-state index in [0.29, 0.717) is 22.6 Å². The topological polar surface area (TPSA) is 106 Å². The van der Waals surface area contributed by atoms with Gasteiger partial charge in [0.2, 0.25) is 5.91 Å². The number of hydrogen-bond acceptors (Lipinski definition) is 6. The lowest BCUT2D eigenvalue weighted by Gasteiger charge is -2.15. The highest BCUT2D eigenvalue weighted by Gasteiger charge is 2.13. The van der Waals surface area contributed by atoms with E-state index < -0.39 is 0 Å². The summed E-state index contributed by atoms with van der Waals surface area (Å²) in [5.41, 5.74) is 9.48. The van der Waals surface area contributed by atoms with E-state index in [2.05, 4.69) is 15.3 Å². The van der Waals surface area contributed by atoms with Crippen molar-refractivity contribution in [2.45, 2.75) is 6.92 Å². The number of aromatic nitrogens is 2. The lowest BCUT2D eigenvalue weighted by molar-refractivity contribution is -0.112. The molecule has 176 valence electrons. The normalized spacial score (nSPS) is 11.9. The van der Waals surface area contributed by atoms with E-state index in [1.54, 1.807) is 46.3 Å². The van der Waals surface area contributed by atoms with Crippen LogP contribution >= 0.6 is 0 Å². The summed E-state index contributed by atoms with van der Waals surface area (Å²) in [4.78, 5) is 36.3. The third-order valence-electron chi connectivity index (χ3n) is 5.38. The van der Waals surface area contributed by atoms with Crippen molar-refractivity contribution in [3.63, 3.8) is 0 Å². The van der Waals surface area contributed by atoms with E-state index in [1.165, 1.54) is 18.3 Å². The Bertz CT molecular complexity index is 1560. The smallest absolute Gasteiger partial charge is 0.255 e. The molecule has 0 unspecified atom stereocenters. The first-order chi connectivity index (χ1) is 16.9. The van der Waals surface area contributed by atoms with Crippen LogP contribution in [0.3, 0.4) is 0 Å². The number of amides is 1. The Morgan fingerprint density at radius 2 is 1.97 bits per heavy atom. The molecule has 0 aliphatic rings. The maximum atomic E-state index is 13.2. The maximum absolute atomic E-state index is 13.2. The largest absolute Gasteiger partial charge is 0.405 e. The first kappa shape index (κ1) is 23.4. The van der Waals surface area contributed by atoms with Crippen molar-refractivity contribution in [2.24, 2.45) is 10.7 Å². The van der Waals surface area contributed by atoms with Gasteiger partial charge in [0.05, 0.1) is 22.4 Å². The van der Waals surface area contributed by atoms with Crippen LogP contribution in [-0.4, -0.2) is 40.7 Å². The van der Waals surface area contributed by atoms with Gasteiger partial charge in [-0.15, -0.1) is 0 Å². The summed E-state index contributed by atoms with van der Waals surface area (Å²) in [6.07, 6.45) is 9.52. The molecule has 4 aromatic rings. The van der Waals surface area contributed by atoms with Gasteiger partial charge in [0.1, 0.15) is 0 Å². The van der Waals surface area contributed by atoms with Crippen LogP contribution in [0.1, 0.15) is 5.56 Å². The van der Waals surface area contributed by atoms with Crippen LogP contribution in [0.5, 0.6) is 0 Å². The van der Waals surface area contributed by atoms with Crippen LogP contribution in [0, 0.1) is 6.92 Å². The third kappa shape index (κ3) is 5.11. The lowest BCUT2D eigenvalue weighted by atomic mass is 10.1. The van der Waals surface area contributed by atoms with Crippen molar-refractivity contribution >= 4 is 45.3 Å². The quantitative estimate of drug-likeness (QED) is 0.254. The fourth-order valence-electron chi connectivity index (χ4n) is 3.69. The van der Waals surface area contributed by atoms with Crippen LogP contribution in [0.4, 0.5) is 11.4 Å². The highest BCUT2D eigenvalue weighted by molar-refractivity contribution is 6.05. The number of anilines is 1. The molecule has 0 aliphatic carbocycles. The molecule has 0 spiro atoms. The van der Waals surface area contributed by atoms with Gasteiger partial charge in [-0.1, -0.05) is 6.07 Å². The van der Waals surface area contributed by atoms with Crippen molar-refractivity contribution in [1.82, 2.24) is 14.5 Å². The van der Waals surface area contributed by atoms with Crippen molar-refractivity contribution in [2.75, 3.05) is 19.4 Å². The van der Waals surface area contributed by atoms with Gasteiger partial charge in [-0.3, -0.25) is 24.1 Å². The predicted molar refractivity (Wildman–Crippen MR) is 143 cm³/mol. The Balaban J connectivity index is 1.90. The van der Waals surface area contributed by atoms with Gasteiger partial charge in [-0.05, 0) is 61.2 Å². The number of hydrogen-bond donors (Lipinski definition) is 2. The van der Waals surface area contributed by atoms with E-state index in [-0.39, 0.29) is 11.5 Å². The molecular weight excluding hydrogens is 440 g/mol. The fraction of sp³-hybridized carbons (Fsp3) is 0.111. The number of benzene rings is 2. The van der Waals surface area contributed by atoms with E-state index in [1.807, 2.05) is 51.4 Å². The molecular formula is C27H26N6O2. The molecule has 4 rings (SSSR count). The van der Waals surface area contributed by atoms with Gasteiger partial charge in [-0.25, -0.2) is 0 Å². The van der Waals surface area contributed by atoms with Crippen LogP contribution in [0.25, 0.3) is 27.5 Å². The molecule has 35 heavy (non-hydrogen) atoms. The van der Waals surface area contributed by atoms with E-state index in [0.717, 1.165) is 21.9 Å². The Hall–Kier alpha value is -4.72. The summed E-state index contributed by atoms with van der Waals surface area (Å²) in [7, 11) is 3.68. The SMILES string of the molecule is Cc1ccc(-n2c(=O)ccc3cnc4ccc(N=CC=CN)cc4c32)cc1NC(=O)/C=C/N(C)C. The van der Waals surface area contributed by atoms with Crippen molar-refractivity contribution in [1.29, 1.82) is 0 Å². The van der Waals surface area contributed by atoms with Crippen molar-refractivity contribution in [3.8, 4) is 5.69 Å². The van der Waals surface area contributed by atoms with E-state index >= 15 is 0 Å². The number of pyridine rings is 2. The fourth-order valence-corrected chi connectivity index (χ4v) is 3.69. The zero-order valence-corrected chi connectivity index (χ0v) is 19.8. The molecule has 3 N–H and O–H groups in total. The average molecular weight is 467 g/mol. The molecule has 2 heterocycles. The molecule has 0 radical (unpaired) electrons. The first-order valence-electron chi connectivity index (χ1n) is 11.0. The number of aliphatic imine (C=N–C) groups is 1. The molecule has 1 amide bonds. The van der Waals surface area contributed by atoms with E-state index in [9.17, 15) is 9.59 Å². The minimum atomic E-state index is -0.257. The lowest BCUT2D eigenvalue weighted by Crippen LogP contribution is -2.18. The molecule has 0 aliphatic heterocycles. The van der Waals surface area contributed by atoms with Gasteiger partial charge < -0.3 is 16.0 Å². The average Bonchev–Trinajstić information content (AvgIpc) is 2.84. The zero-order chi connectivity index (χ0) is 24.9. The second-order valence-electron chi connectivity index (χ2n) is 8.20. The Morgan fingerprint density at radius 3 is 2.74 bits per heavy atom. The predicted octanol–water partition coefficient (Wildman–Crippen LogP) is 4.04. The minimum absolute atomic E-state index is 0.196. The molecule has 0 saturated heterocycles. The Labute approximate surface area is 202 Å². The number of carbonyl (C=O) groups excluding carboxylic acids is 1. The van der Waals surface area contributed by atoms with Crippen LogP contribution < -0.4 is 16.6 Å². The molecule has 2 aromatic carbocycles. The molecule has 0 bridgehead atoms. The number of nitrogens with two attached hydrogens (primary N) is 1. The second-order valence-corrected chi connectivity index (χ2v) is 8.20. The summed E-state index contributed by atoms with van der Waals surface area (Å²) in [5.74, 6) is -0.257. The molecule has 0 fully saturated rings. The highest BCUT2D eigenvalue weighted by atomic mass is 16.1. The van der Waals surface area contributed by atoms with Gasteiger partial charge in [0.25, 0.3) is 5.56 Å². The monoisotopic (exact) mass is 466 g/mol. The minimum Gasteiger partial charge on any atom is -0.405 e. The second kappa shape index (κ2) is 10.0. The number of aryl methyl sites for hydroxylation is 1. The number of fused-ring (bicyclic) bond motifs is 3. The third-order valence-corrected chi connectivity index (χ3v) is 5.38. The summed E-state index contributed by atoms with van der Waals surface area (Å²) in [5, 5.41) is 4.49. The Kier molecular flexibility index (Phi) is 6.73. The number of nitrogens with one attached hydrogen (secondary N) is 1. The van der Waals surface area contributed by atoms with Crippen LogP contribution in [0.2, 0.25) is 0 Å². The number of rotatable bonds is 6. The van der Waals surface area contributed by atoms with Gasteiger partial charge >= 0.3 is 0 Å². The van der Waals surface area contributed by atoms with Gasteiger partial charge in [0.15, 0.2) is 0 Å². The summed E-state index contributed by atoms with van der Waals surface area (Å²) in [6, 6.07) is 14.4. The zero-order valence-electron chi connectivity index (χ0n) is 19.8. The first-order valence-corrected chi connectivity index (χ1v) is 11.0. The van der Waals surface area contributed by atoms with Crippen LogP contribution in [-0.2, 0) is 4.79 Å². The number of allylic oxidation sites excluding steroid dienone is 1. The molecule has 8 heteroatoms. The van der Waals surface area contributed by atoms with Crippen molar-refractivity contribution < 1.29 is 4.79 Å². The molecule has 8 nitrogen and oxygen atoms in total. The summed E-state index contributed by atoms with van der Waals surface area (Å²) in [6.45, 7) is 1.90.